The van der Waals surface area contributed by atoms with Crippen LogP contribution in [0.5, 0.6) is 5.75 Å². The second-order valence-electron chi connectivity index (χ2n) is 5.64. The van der Waals surface area contributed by atoms with Crippen LogP contribution in [-0.4, -0.2) is 14.5 Å². The third-order valence-electron chi connectivity index (χ3n) is 4.08. The van der Waals surface area contributed by atoms with Crippen molar-refractivity contribution < 1.29 is 13.2 Å². The predicted molar refractivity (Wildman–Crippen MR) is 79.4 cm³/mol. The lowest BCUT2D eigenvalue weighted by atomic mass is 9.80. The highest BCUT2D eigenvalue weighted by Crippen LogP contribution is 2.34. The van der Waals surface area contributed by atoms with Crippen LogP contribution in [-0.2, 0) is 10.0 Å². The lowest BCUT2D eigenvalue weighted by molar-refractivity contribution is 0.101. The molecule has 4 nitrogen and oxygen atoms in total. The molecular weight excluding hydrogens is 298 g/mol. The Bertz CT molecular complexity index is 588. The van der Waals surface area contributed by atoms with Gasteiger partial charge in [0, 0.05) is 0 Å². The third kappa shape index (κ3) is 3.65. The summed E-state index contributed by atoms with van der Waals surface area (Å²) in [5.74, 6) is 1.86. The summed E-state index contributed by atoms with van der Waals surface area (Å²) < 4.78 is 28.4. The van der Waals surface area contributed by atoms with Crippen LogP contribution in [0.1, 0.15) is 33.1 Å². The quantitative estimate of drug-likeness (QED) is 0.930. The molecule has 112 valence electrons. The van der Waals surface area contributed by atoms with Gasteiger partial charge in [-0.15, -0.1) is 0 Å². The van der Waals surface area contributed by atoms with E-state index < -0.39 is 10.0 Å². The van der Waals surface area contributed by atoms with Crippen LogP contribution in [0.2, 0.25) is 5.02 Å². The van der Waals surface area contributed by atoms with Gasteiger partial charge >= 0.3 is 0 Å². The van der Waals surface area contributed by atoms with Gasteiger partial charge in [0.2, 0.25) is 10.0 Å². The number of primary sulfonamides is 1. The van der Waals surface area contributed by atoms with Crippen molar-refractivity contribution >= 4 is 21.6 Å². The Morgan fingerprint density at radius 1 is 1.25 bits per heavy atom. The summed E-state index contributed by atoms with van der Waals surface area (Å²) >= 11 is 6.07. The zero-order chi connectivity index (χ0) is 14.9. The second-order valence-corrected chi connectivity index (χ2v) is 7.61. The summed E-state index contributed by atoms with van der Waals surface area (Å²) in [6, 6.07) is 4.33. The Balaban J connectivity index is 2.11. The molecule has 3 atom stereocenters. The maximum absolute atomic E-state index is 11.2. The third-order valence-corrected chi connectivity index (χ3v) is 5.28. The van der Waals surface area contributed by atoms with Crippen LogP contribution >= 0.6 is 11.6 Å². The van der Waals surface area contributed by atoms with E-state index in [0.717, 1.165) is 25.2 Å². The Morgan fingerprint density at radius 2 is 1.95 bits per heavy atom. The lowest BCUT2D eigenvalue weighted by Crippen LogP contribution is -2.28. The molecular formula is C14H20ClNO3S. The summed E-state index contributed by atoms with van der Waals surface area (Å²) in [6.45, 7) is 4.49. The minimum Gasteiger partial charge on any atom is -0.489 e. The van der Waals surface area contributed by atoms with Crippen molar-refractivity contribution in [1.82, 2.24) is 0 Å². The Kier molecular flexibility index (Phi) is 4.62. The number of sulfonamides is 1. The summed E-state index contributed by atoms with van der Waals surface area (Å²) in [5, 5.41) is 5.35. The van der Waals surface area contributed by atoms with E-state index >= 15 is 0 Å². The van der Waals surface area contributed by atoms with Gasteiger partial charge in [-0.3, -0.25) is 0 Å². The Labute approximate surface area is 125 Å². The van der Waals surface area contributed by atoms with Crippen molar-refractivity contribution in [2.45, 2.75) is 44.1 Å². The SMILES string of the molecule is CC1CCC(Oc2ccc(S(N)(=O)=O)cc2Cl)CC1C. The number of halogens is 1. The van der Waals surface area contributed by atoms with E-state index in [1.165, 1.54) is 12.1 Å². The van der Waals surface area contributed by atoms with Gasteiger partial charge in [-0.1, -0.05) is 25.4 Å². The van der Waals surface area contributed by atoms with E-state index in [4.69, 9.17) is 21.5 Å². The standard InChI is InChI=1S/C14H20ClNO3S/c1-9-3-4-11(7-10(9)2)19-14-6-5-12(8-13(14)15)20(16,17)18/h5-6,8-11H,3-4,7H2,1-2H3,(H2,16,17,18). The molecule has 1 fully saturated rings. The van der Waals surface area contributed by atoms with Crippen LogP contribution in [0.3, 0.4) is 0 Å². The van der Waals surface area contributed by atoms with Gasteiger partial charge in [0.1, 0.15) is 5.75 Å². The van der Waals surface area contributed by atoms with Crippen LogP contribution < -0.4 is 9.88 Å². The second kappa shape index (κ2) is 5.92. The molecule has 0 amide bonds. The number of ether oxygens (including phenoxy) is 1. The smallest absolute Gasteiger partial charge is 0.238 e. The van der Waals surface area contributed by atoms with Crippen molar-refractivity contribution in [3.8, 4) is 5.75 Å². The molecule has 0 radical (unpaired) electrons. The van der Waals surface area contributed by atoms with Gasteiger partial charge in [-0.05, 0) is 49.3 Å². The summed E-state index contributed by atoms with van der Waals surface area (Å²) in [4.78, 5) is 0.000449. The van der Waals surface area contributed by atoms with Gasteiger partial charge in [-0.25, -0.2) is 13.6 Å². The first-order valence-corrected chi connectivity index (χ1v) is 8.69. The predicted octanol–water partition coefficient (Wildman–Crippen LogP) is 3.19. The van der Waals surface area contributed by atoms with Gasteiger partial charge in [0.15, 0.2) is 0 Å². The highest BCUT2D eigenvalue weighted by Gasteiger charge is 2.26. The highest BCUT2D eigenvalue weighted by molar-refractivity contribution is 7.89. The van der Waals surface area contributed by atoms with Crippen LogP contribution in [0, 0.1) is 11.8 Å². The lowest BCUT2D eigenvalue weighted by Gasteiger charge is -2.32. The highest BCUT2D eigenvalue weighted by atomic mass is 35.5. The maximum atomic E-state index is 11.2. The minimum absolute atomic E-state index is 0.000449. The topological polar surface area (TPSA) is 69.4 Å². The van der Waals surface area contributed by atoms with E-state index in [1.54, 1.807) is 6.07 Å². The first kappa shape index (κ1) is 15.6. The zero-order valence-electron chi connectivity index (χ0n) is 11.7. The number of hydrogen-bond donors (Lipinski definition) is 1. The van der Waals surface area contributed by atoms with Gasteiger partial charge in [0.05, 0.1) is 16.0 Å². The molecule has 6 heteroatoms. The van der Waals surface area contributed by atoms with Gasteiger partial charge in [-0.2, -0.15) is 0 Å². The normalized spacial score (nSPS) is 27.3. The molecule has 0 heterocycles. The molecule has 1 aliphatic carbocycles. The molecule has 1 aromatic carbocycles. The molecule has 0 aromatic heterocycles. The molecule has 0 aliphatic heterocycles. The molecule has 3 unspecified atom stereocenters. The fourth-order valence-electron chi connectivity index (χ4n) is 2.54. The van der Waals surface area contributed by atoms with E-state index in [1.807, 2.05) is 0 Å². The first-order valence-electron chi connectivity index (χ1n) is 6.76. The number of hydrogen-bond acceptors (Lipinski definition) is 3. The molecule has 0 spiro atoms. The monoisotopic (exact) mass is 317 g/mol. The molecule has 0 bridgehead atoms. The maximum Gasteiger partial charge on any atom is 0.238 e. The van der Waals surface area contributed by atoms with E-state index in [0.29, 0.717) is 11.7 Å². The Hall–Kier alpha value is -0.780. The van der Waals surface area contributed by atoms with Crippen molar-refractivity contribution in [1.29, 1.82) is 0 Å². The van der Waals surface area contributed by atoms with Crippen molar-refractivity contribution in [2.75, 3.05) is 0 Å². The fourth-order valence-corrected chi connectivity index (χ4v) is 3.37. The van der Waals surface area contributed by atoms with Crippen LogP contribution in [0.4, 0.5) is 0 Å². The Morgan fingerprint density at radius 3 is 2.50 bits per heavy atom. The summed E-state index contributed by atoms with van der Waals surface area (Å²) in [7, 11) is -3.73. The molecule has 2 rings (SSSR count). The largest absolute Gasteiger partial charge is 0.489 e. The van der Waals surface area contributed by atoms with Crippen molar-refractivity contribution in [2.24, 2.45) is 17.0 Å². The first-order chi connectivity index (χ1) is 9.27. The van der Waals surface area contributed by atoms with Crippen LogP contribution in [0.25, 0.3) is 0 Å². The van der Waals surface area contributed by atoms with Crippen LogP contribution in [0.15, 0.2) is 23.1 Å². The molecule has 1 aromatic rings. The van der Waals surface area contributed by atoms with E-state index in [9.17, 15) is 8.42 Å². The molecule has 1 saturated carbocycles. The fraction of sp³-hybridized carbons (Fsp3) is 0.571. The number of nitrogens with two attached hydrogens (primary N) is 1. The number of benzene rings is 1. The molecule has 0 saturated heterocycles. The molecule has 2 N–H and O–H groups in total. The van der Waals surface area contributed by atoms with E-state index in [-0.39, 0.29) is 16.0 Å². The summed E-state index contributed by atoms with van der Waals surface area (Å²) in [5.41, 5.74) is 0. The van der Waals surface area contributed by atoms with Crippen molar-refractivity contribution in [3.63, 3.8) is 0 Å². The molecule has 20 heavy (non-hydrogen) atoms. The van der Waals surface area contributed by atoms with Gasteiger partial charge < -0.3 is 4.74 Å². The summed E-state index contributed by atoms with van der Waals surface area (Å²) in [6.07, 6.45) is 3.27. The zero-order valence-corrected chi connectivity index (χ0v) is 13.2. The van der Waals surface area contributed by atoms with E-state index in [2.05, 4.69) is 13.8 Å². The average molecular weight is 318 g/mol. The van der Waals surface area contributed by atoms with Crippen molar-refractivity contribution in [3.05, 3.63) is 23.2 Å². The number of rotatable bonds is 3. The molecule has 1 aliphatic rings. The van der Waals surface area contributed by atoms with Gasteiger partial charge in [0.25, 0.3) is 0 Å². The minimum atomic E-state index is -3.73. The average Bonchev–Trinajstić information content (AvgIpc) is 2.35.